The van der Waals surface area contributed by atoms with E-state index in [2.05, 4.69) is 84.9 Å². The molecule has 0 saturated heterocycles. The van der Waals surface area contributed by atoms with E-state index >= 15 is 0 Å². The van der Waals surface area contributed by atoms with Gasteiger partial charge in [-0.3, -0.25) is 9.20 Å². The molecule has 1 aliphatic carbocycles. The number of benzene rings is 5. The van der Waals surface area contributed by atoms with Gasteiger partial charge in [0.2, 0.25) is 0 Å². The molecule has 5 aromatic carbocycles. The van der Waals surface area contributed by atoms with Crippen molar-refractivity contribution in [2.24, 2.45) is 0 Å². The predicted octanol–water partition coefficient (Wildman–Crippen LogP) is 7.17. The summed E-state index contributed by atoms with van der Waals surface area (Å²) in [6.07, 6.45) is 3.03. The van der Waals surface area contributed by atoms with Gasteiger partial charge in [0.15, 0.2) is 0 Å². The molecule has 8 rings (SSSR count). The zero-order valence-corrected chi connectivity index (χ0v) is 21.2. The number of aromatic nitrogens is 2. The average Bonchev–Trinajstić information content (AvgIpc) is 3.41. The summed E-state index contributed by atoms with van der Waals surface area (Å²) < 4.78 is 1.85. The first kappa shape index (κ1) is 22.0. The molecule has 2 aromatic heterocycles. The number of para-hydroxylation sites is 1. The van der Waals surface area contributed by atoms with Crippen LogP contribution in [0.15, 0.2) is 126 Å². The Kier molecular flexibility index (Phi) is 4.80. The highest BCUT2D eigenvalue weighted by molar-refractivity contribution is 6.05. The van der Waals surface area contributed by atoms with Crippen molar-refractivity contribution in [2.45, 2.75) is 12.3 Å². The summed E-state index contributed by atoms with van der Waals surface area (Å²) in [4.78, 5) is 19.6. The Labute approximate surface area is 225 Å². The topological polar surface area (TPSA) is 34.4 Å². The van der Waals surface area contributed by atoms with Gasteiger partial charge in [-0.1, -0.05) is 115 Å². The third-order valence-electron chi connectivity index (χ3n) is 8.12. The Morgan fingerprint density at radius 2 is 1.33 bits per heavy atom. The molecule has 1 unspecified atom stereocenters. The molecule has 7 aromatic rings. The smallest absolute Gasteiger partial charge is 0.260 e. The van der Waals surface area contributed by atoms with Gasteiger partial charge in [0.05, 0.1) is 11.0 Å². The van der Waals surface area contributed by atoms with Crippen molar-refractivity contribution in [1.82, 2.24) is 9.38 Å². The van der Waals surface area contributed by atoms with Crippen molar-refractivity contribution in [1.29, 1.82) is 0 Å². The van der Waals surface area contributed by atoms with Gasteiger partial charge in [0.1, 0.15) is 5.65 Å². The minimum absolute atomic E-state index is 0.0331. The molecule has 184 valence electrons. The number of nitrogens with zero attached hydrogens (tertiary/aromatic N) is 2. The van der Waals surface area contributed by atoms with Crippen LogP contribution in [-0.2, 0) is 6.42 Å². The van der Waals surface area contributed by atoms with E-state index in [1.807, 2.05) is 46.9 Å². The van der Waals surface area contributed by atoms with E-state index < -0.39 is 0 Å². The summed E-state index contributed by atoms with van der Waals surface area (Å²) in [7, 11) is 0. The van der Waals surface area contributed by atoms with E-state index in [0.717, 1.165) is 60.5 Å². The molecule has 0 N–H and O–H groups in total. The first-order valence-corrected chi connectivity index (χ1v) is 13.4. The third kappa shape index (κ3) is 3.30. The molecule has 3 nitrogen and oxygen atoms in total. The monoisotopic (exact) mass is 500 g/mol. The number of fused-ring (bicyclic) bond motifs is 4. The number of hydrogen-bond acceptors (Lipinski definition) is 2. The van der Waals surface area contributed by atoms with Crippen LogP contribution in [0, 0.1) is 0 Å². The fourth-order valence-electron chi connectivity index (χ4n) is 6.34. The SMILES string of the molecule is O=c1c2c3c(c(-c4ccccc4)ccc3c3nc4c(-c5ccccc5)cccc4n13)=CC(c1ccccc1)C2. The maximum Gasteiger partial charge on any atom is 0.260 e. The van der Waals surface area contributed by atoms with E-state index in [9.17, 15) is 4.79 Å². The summed E-state index contributed by atoms with van der Waals surface area (Å²) >= 11 is 0. The zero-order valence-electron chi connectivity index (χ0n) is 21.2. The molecule has 39 heavy (non-hydrogen) atoms. The first-order chi connectivity index (χ1) is 19.3. The van der Waals surface area contributed by atoms with Crippen LogP contribution in [0.5, 0.6) is 0 Å². The normalized spacial score (nSPS) is 14.6. The van der Waals surface area contributed by atoms with Crippen LogP contribution in [-0.4, -0.2) is 9.38 Å². The Hall–Kier alpha value is -5.02. The lowest BCUT2D eigenvalue weighted by molar-refractivity contribution is 0.852. The highest BCUT2D eigenvalue weighted by Gasteiger charge is 2.25. The van der Waals surface area contributed by atoms with Crippen LogP contribution in [0.1, 0.15) is 17.0 Å². The van der Waals surface area contributed by atoms with Crippen LogP contribution in [0.3, 0.4) is 0 Å². The van der Waals surface area contributed by atoms with Gasteiger partial charge in [-0.25, -0.2) is 4.98 Å². The highest BCUT2D eigenvalue weighted by atomic mass is 16.1. The molecule has 0 bridgehead atoms. The van der Waals surface area contributed by atoms with Crippen molar-refractivity contribution in [2.75, 3.05) is 0 Å². The van der Waals surface area contributed by atoms with Gasteiger partial charge < -0.3 is 0 Å². The van der Waals surface area contributed by atoms with Crippen molar-refractivity contribution < 1.29 is 0 Å². The minimum atomic E-state index is 0.0331. The van der Waals surface area contributed by atoms with Gasteiger partial charge >= 0.3 is 0 Å². The van der Waals surface area contributed by atoms with E-state index in [0.29, 0.717) is 6.42 Å². The van der Waals surface area contributed by atoms with Crippen molar-refractivity contribution in [3.63, 3.8) is 0 Å². The Bertz CT molecular complexity index is 2150. The van der Waals surface area contributed by atoms with Crippen LogP contribution < -0.4 is 10.8 Å². The fourth-order valence-corrected chi connectivity index (χ4v) is 6.34. The number of imidazole rings is 1. The Morgan fingerprint density at radius 1 is 0.667 bits per heavy atom. The molecule has 3 heteroatoms. The largest absolute Gasteiger partial charge is 0.269 e. The van der Waals surface area contributed by atoms with Gasteiger partial charge in [-0.05, 0) is 46.0 Å². The molecule has 1 aliphatic rings. The number of pyridine rings is 1. The summed E-state index contributed by atoms with van der Waals surface area (Å²) in [6.45, 7) is 0. The number of hydrogen-bond donors (Lipinski definition) is 0. The van der Waals surface area contributed by atoms with Crippen LogP contribution in [0.2, 0.25) is 0 Å². The van der Waals surface area contributed by atoms with Gasteiger partial charge in [-0.15, -0.1) is 0 Å². The minimum Gasteiger partial charge on any atom is -0.269 e. The molecule has 0 fully saturated rings. The summed E-state index contributed by atoms with van der Waals surface area (Å²) in [5, 5.41) is 3.19. The second kappa shape index (κ2) is 8.50. The number of rotatable bonds is 3. The lowest BCUT2D eigenvalue weighted by atomic mass is 9.82. The van der Waals surface area contributed by atoms with Gasteiger partial charge in [0.25, 0.3) is 5.56 Å². The molecule has 0 radical (unpaired) electrons. The summed E-state index contributed by atoms with van der Waals surface area (Å²) in [5.41, 5.74) is 8.99. The Morgan fingerprint density at radius 3 is 2.05 bits per heavy atom. The lowest BCUT2D eigenvalue weighted by Crippen LogP contribution is -2.27. The maximum absolute atomic E-state index is 14.4. The van der Waals surface area contributed by atoms with Crippen molar-refractivity contribution >= 4 is 33.5 Å². The lowest BCUT2D eigenvalue weighted by Gasteiger charge is -2.22. The van der Waals surface area contributed by atoms with Crippen LogP contribution in [0.4, 0.5) is 0 Å². The maximum atomic E-state index is 14.4. The molecule has 1 atom stereocenters. The summed E-state index contributed by atoms with van der Waals surface area (Å²) in [5.74, 6) is 0.117. The van der Waals surface area contributed by atoms with E-state index in [-0.39, 0.29) is 11.5 Å². The highest BCUT2D eigenvalue weighted by Crippen LogP contribution is 2.35. The Balaban J connectivity index is 1.51. The second-order valence-electron chi connectivity index (χ2n) is 10.3. The molecular weight excluding hydrogens is 476 g/mol. The van der Waals surface area contributed by atoms with Gasteiger partial charge in [-0.2, -0.15) is 0 Å². The molecular formula is C36H24N2O. The average molecular weight is 501 g/mol. The predicted molar refractivity (Wildman–Crippen MR) is 160 cm³/mol. The van der Waals surface area contributed by atoms with E-state index in [1.165, 1.54) is 5.56 Å². The molecule has 0 amide bonds. The quantitative estimate of drug-likeness (QED) is 0.258. The first-order valence-electron chi connectivity index (χ1n) is 13.4. The van der Waals surface area contributed by atoms with Crippen LogP contribution in [0.25, 0.3) is 55.8 Å². The molecule has 0 aliphatic heterocycles. The third-order valence-corrected chi connectivity index (χ3v) is 8.12. The van der Waals surface area contributed by atoms with Crippen molar-refractivity contribution in [3.8, 4) is 22.3 Å². The van der Waals surface area contributed by atoms with Crippen LogP contribution >= 0.6 is 0 Å². The molecule has 2 heterocycles. The fraction of sp³-hybridized carbons (Fsp3) is 0.0556. The zero-order chi connectivity index (χ0) is 25.9. The van der Waals surface area contributed by atoms with Gasteiger partial charge in [0, 0.05) is 27.8 Å². The van der Waals surface area contributed by atoms with Crippen molar-refractivity contribution in [3.05, 3.63) is 148 Å². The summed E-state index contributed by atoms with van der Waals surface area (Å²) in [6, 6.07) is 41.8. The second-order valence-corrected chi connectivity index (χ2v) is 10.3. The molecule has 0 spiro atoms. The van der Waals surface area contributed by atoms with E-state index in [1.54, 1.807) is 0 Å². The standard InChI is InChI=1S/C36H24N2O/c39-36-31-22-26(23-11-4-1-5-12-23)21-30-27(24-13-6-2-7-14-24)19-20-29(33(30)31)35-37-34-28(25-15-8-3-9-16-25)17-10-18-32(34)38(35)36/h1-21,26H,22H2. The van der Waals surface area contributed by atoms with E-state index in [4.69, 9.17) is 4.98 Å². The molecule has 0 saturated carbocycles.